The molecule has 0 aliphatic rings. The minimum absolute atomic E-state index is 0.105. The molecule has 0 radical (unpaired) electrons. The van der Waals surface area contributed by atoms with Crippen LogP contribution in [0.5, 0.6) is 0 Å². The van der Waals surface area contributed by atoms with Gasteiger partial charge >= 0.3 is 0 Å². The van der Waals surface area contributed by atoms with Crippen LogP contribution in [0.1, 0.15) is 45.1 Å². The average molecular weight is 375 g/mol. The maximum Gasteiger partial charge on any atom is 0.240 e. The summed E-state index contributed by atoms with van der Waals surface area (Å²) in [5.41, 5.74) is 1.54. The quantitative estimate of drug-likeness (QED) is 0.736. The number of hydrogen-bond donors (Lipinski definition) is 2. The highest BCUT2D eigenvalue weighted by Crippen LogP contribution is 2.22. The molecule has 0 aliphatic carbocycles. The molecule has 2 aromatic carbocycles. The predicted molar refractivity (Wildman–Crippen MR) is 105 cm³/mol. The lowest BCUT2D eigenvalue weighted by molar-refractivity contribution is -0.117. The zero-order valence-corrected chi connectivity index (χ0v) is 16.2. The first-order valence-electron chi connectivity index (χ1n) is 8.85. The summed E-state index contributed by atoms with van der Waals surface area (Å²) in [6.07, 6.45) is 1.40. The molecule has 0 spiro atoms. The number of sulfonamides is 1. The highest BCUT2D eigenvalue weighted by molar-refractivity contribution is 7.89. The van der Waals surface area contributed by atoms with Gasteiger partial charge in [0.2, 0.25) is 15.9 Å². The van der Waals surface area contributed by atoms with Crippen molar-refractivity contribution in [1.29, 1.82) is 0 Å². The van der Waals surface area contributed by atoms with Crippen molar-refractivity contribution in [2.24, 2.45) is 0 Å². The van der Waals surface area contributed by atoms with Crippen LogP contribution in [0.2, 0.25) is 0 Å². The van der Waals surface area contributed by atoms with Crippen LogP contribution >= 0.6 is 0 Å². The van der Waals surface area contributed by atoms with Gasteiger partial charge in [-0.15, -0.1) is 0 Å². The Morgan fingerprint density at radius 3 is 2.12 bits per heavy atom. The van der Waals surface area contributed by atoms with Gasteiger partial charge in [-0.1, -0.05) is 44.2 Å². The van der Waals surface area contributed by atoms with Crippen LogP contribution in [0.4, 0.5) is 5.69 Å². The van der Waals surface area contributed by atoms with E-state index in [2.05, 4.69) is 10.0 Å². The normalized spacial score (nSPS) is 13.8. The van der Waals surface area contributed by atoms with E-state index in [4.69, 9.17) is 0 Å². The van der Waals surface area contributed by atoms with Crippen molar-refractivity contribution in [2.45, 2.75) is 50.5 Å². The lowest BCUT2D eigenvalue weighted by Crippen LogP contribution is -2.32. The fourth-order valence-electron chi connectivity index (χ4n) is 2.62. The molecule has 2 atom stereocenters. The lowest BCUT2D eigenvalue weighted by atomic mass is 9.95. The van der Waals surface area contributed by atoms with Gasteiger partial charge in [0.05, 0.1) is 10.8 Å². The maximum atomic E-state index is 12.6. The van der Waals surface area contributed by atoms with Crippen LogP contribution in [0.15, 0.2) is 59.5 Å². The molecule has 6 heteroatoms. The number of amides is 1. The van der Waals surface area contributed by atoms with Crippen LogP contribution in [-0.4, -0.2) is 20.4 Å². The van der Waals surface area contributed by atoms with Gasteiger partial charge in [-0.2, -0.15) is 0 Å². The van der Waals surface area contributed by atoms with Crippen molar-refractivity contribution >= 4 is 21.6 Å². The van der Waals surface area contributed by atoms with E-state index in [1.807, 2.05) is 51.1 Å². The van der Waals surface area contributed by atoms with Gasteiger partial charge in [-0.25, -0.2) is 13.1 Å². The molecule has 2 N–H and O–H groups in total. The molecular formula is C20H26N2O3S. The van der Waals surface area contributed by atoms with Crippen LogP contribution in [0, 0.1) is 0 Å². The van der Waals surface area contributed by atoms with E-state index < -0.39 is 10.0 Å². The Morgan fingerprint density at radius 2 is 1.58 bits per heavy atom. The molecule has 0 unspecified atom stereocenters. The zero-order chi connectivity index (χ0) is 19.2. The van der Waals surface area contributed by atoms with E-state index in [9.17, 15) is 13.2 Å². The van der Waals surface area contributed by atoms with Crippen molar-refractivity contribution in [1.82, 2.24) is 4.72 Å². The predicted octanol–water partition coefficient (Wildman–Crippen LogP) is 3.90. The minimum atomic E-state index is -3.54. The average Bonchev–Trinajstić information content (AvgIpc) is 2.63. The van der Waals surface area contributed by atoms with Gasteiger partial charge < -0.3 is 5.32 Å². The van der Waals surface area contributed by atoms with E-state index in [1.165, 1.54) is 12.1 Å². The van der Waals surface area contributed by atoms with Crippen molar-refractivity contribution in [3.8, 4) is 0 Å². The summed E-state index contributed by atoms with van der Waals surface area (Å²) >= 11 is 0. The van der Waals surface area contributed by atoms with Gasteiger partial charge in [0.25, 0.3) is 0 Å². The molecule has 0 saturated heterocycles. The Kier molecular flexibility index (Phi) is 6.94. The van der Waals surface area contributed by atoms with E-state index >= 15 is 0 Å². The van der Waals surface area contributed by atoms with Crippen molar-refractivity contribution < 1.29 is 13.2 Å². The third-order valence-corrected chi connectivity index (χ3v) is 5.93. The number of carbonyl (C=O) groups excluding carboxylic acids is 1. The molecule has 140 valence electrons. The first-order valence-corrected chi connectivity index (χ1v) is 10.3. The Labute approximate surface area is 155 Å². The number of benzene rings is 2. The molecule has 0 aromatic heterocycles. The second-order valence-electron chi connectivity index (χ2n) is 6.32. The Balaban J connectivity index is 2.10. The number of anilines is 1. The van der Waals surface area contributed by atoms with Crippen LogP contribution in [0.25, 0.3) is 0 Å². The fourth-order valence-corrected chi connectivity index (χ4v) is 3.95. The van der Waals surface area contributed by atoms with Crippen LogP contribution in [0.3, 0.4) is 0 Å². The molecule has 0 aliphatic heterocycles. The third-order valence-electron chi connectivity index (χ3n) is 4.33. The number of hydrogen-bond acceptors (Lipinski definition) is 3. The molecule has 26 heavy (non-hydrogen) atoms. The van der Waals surface area contributed by atoms with E-state index in [1.54, 1.807) is 12.1 Å². The molecule has 0 fully saturated rings. The SMILES string of the molecule is CC[C@@H](C)NS(=O)(=O)c1ccc(NC(=O)[C@@H](CC)c2ccccc2)cc1. The Bertz CT molecular complexity index is 818. The molecule has 0 saturated carbocycles. The van der Waals surface area contributed by atoms with Gasteiger partial charge in [-0.05, 0) is 49.6 Å². The molecular weight excluding hydrogens is 348 g/mol. The minimum Gasteiger partial charge on any atom is -0.326 e. The molecule has 2 rings (SSSR count). The molecule has 1 amide bonds. The van der Waals surface area contributed by atoms with Gasteiger partial charge in [0.15, 0.2) is 0 Å². The number of carbonyl (C=O) groups is 1. The highest BCUT2D eigenvalue weighted by Gasteiger charge is 2.19. The summed E-state index contributed by atoms with van der Waals surface area (Å²) in [5.74, 6) is -0.348. The van der Waals surface area contributed by atoms with Gasteiger partial charge in [0, 0.05) is 11.7 Å². The highest BCUT2D eigenvalue weighted by atomic mass is 32.2. The monoisotopic (exact) mass is 374 g/mol. The van der Waals surface area contributed by atoms with Crippen molar-refractivity contribution in [2.75, 3.05) is 5.32 Å². The second kappa shape index (κ2) is 8.96. The first kappa shape index (κ1) is 20.1. The van der Waals surface area contributed by atoms with E-state index in [-0.39, 0.29) is 22.8 Å². The summed E-state index contributed by atoms with van der Waals surface area (Å²) in [6.45, 7) is 5.71. The standard InChI is InChI=1S/C20H26N2O3S/c1-4-15(3)22-26(24,25)18-13-11-17(12-14-18)21-20(23)19(5-2)16-9-7-6-8-10-16/h6-15,19,22H,4-5H2,1-3H3,(H,21,23)/t15-,19+/m1/s1. The summed E-state index contributed by atoms with van der Waals surface area (Å²) in [7, 11) is -3.54. The molecule has 5 nitrogen and oxygen atoms in total. The fraction of sp³-hybridized carbons (Fsp3) is 0.350. The zero-order valence-electron chi connectivity index (χ0n) is 15.4. The number of rotatable bonds is 8. The van der Waals surface area contributed by atoms with Gasteiger partial charge in [-0.3, -0.25) is 4.79 Å². The van der Waals surface area contributed by atoms with Crippen LogP contribution < -0.4 is 10.0 Å². The number of nitrogens with one attached hydrogen (secondary N) is 2. The lowest BCUT2D eigenvalue weighted by Gasteiger charge is -2.16. The van der Waals surface area contributed by atoms with E-state index in [0.717, 1.165) is 5.56 Å². The Hall–Kier alpha value is -2.18. The van der Waals surface area contributed by atoms with Gasteiger partial charge in [0.1, 0.15) is 0 Å². The summed E-state index contributed by atoms with van der Waals surface area (Å²) in [5, 5.41) is 2.87. The summed E-state index contributed by atoms with van der Waals surface area (Å²) in [6, 6.07) is 15.7. The van der Waals surface area contributed by atoms with E-state index in [0.29, 0.717) is 18.5 Å². The van der Waals surface area contributed by atoms with Crippen molar-refractivity contribution in [3.63, 3.8) is 0 Å². The summed E-state index contributed by atoms with van der Waals surface area (Å²) in [4.78, 5) is 12.8. The molecule has 2 aromatic rings. The summed E-state index contributed by atoms with van der Waals surface area (Å²) < 4.78 is 27.2. The van der Waals surface area contributed by atoms with Crippen molar-refractivity contribution in [3.05, 3.63) is 60.2 Å². The largest absolute Gasteiger partial charge is 0.326 e. The topological polar surface area (TPSA) is 75.3 Å². The Morgan fingerprint density at radius 1 is 0.962 bits per heavy atom. The molecule has 0 heterocycles. The first-order chi connectivity index (χ1) is 12.4. The smallest absolute Gasteiger partial charge is 0.240 e. The molecule has 0 bridgehead atoms. The van der Waals surface area contributed by atoms with Crippen LogP contribution in [-0.2, 0) is 14.8 Å². The third kappa shape index (κ3) is 5.16. The second-order valence-corrected chi connectivity index (χ2v) is 8.03. The maximum absolute atomic E-state index is 12.6.